The fraction of sp³-hybridized carbons (Fsp3) is 0.529. The van der Waals surface area contributed by atoms with Crippen LogP contribution in [0.2, 0.25) is 0 Å². The van der Waals surface area contributed by atoms with Gasteiger partial charge < -0.3 is 20.5 Å². The highest BCUT2D eigenvalue weighted by Crippen LogP contribution is 2.04. The fourth-order valence-electron chi connectivity index (χ4n) is 2.03. The van der Waals surface area contributed by atoms with Crippen molar-refractivity contribution in [3.05, 3.63) is 35.9 Å². The van der Waals surface area contributed by atoms with E-state index in [4.69, 9.17) is 9.84 Å². The first-order valence-corrected chi connectivity index (χ1v) is 7.92. The van der Waals surface area contributed by atoms with Crippen molar-refractivity contribution in [3.63, 3.8) is 0 Å². The first-order valence-electron chi connectivity index (χ1n) is 7.92. The Labute approximate surface area is 137 Å². The molecule has 128 valence electrons. The van der Waals surface area contributed by atoms with Gasteiger partial charge in [-0.15, -0.1) is 0 Å². The van der Waals surface area contributed by atoms with Gasteiger partial charge in [0.2, 0.25) is 0 Å². The summed E-state index contributed by atoms with van der Waals surface area (Å²) in [5, 5.41) is 14.8. The van der Waals surface area contributed by atoms with Crippen LogP contribution in [0.25, 0.3) is 0 Å². The number of carbonyl (C=O) groups is 2. The molecule has 0 saturated carbocycles. The quantitative estimate of drug-likeness (QED) is 0.576. The second kappa shape index (κ2) is 10.6. The van der Waals surface area contributed by atoms with Gasteiger partial charge in [-0.2, -0.15) is 0 Å². The monoisotopic (exact) mass is 322 g/mol. The van der Waals surface area contributed by atoms with Crippen molar-refractivity contribution in [2.24, 2.45) is 0 Å². The number of rotatable bonds is 10. The Kier molecular flexibility index (Phi) is 8.75. The largest absolute Gasteiger partial charge is 0.480 e. The van der Waals surface area contributed by atoms with Gasteiger partial charge in [0.1, 0.15) is 12.6 Å². The van der Waals surface area contributed by atoms with Crippen molar-refractivity contribution >= 4 is 12.1 Å². The van der Waals surface area contributed by atoms with Crippen LogP contribution in [0.3, 0.4) is 0 Å². The van der Waals surface area contributed by atoms with Gasteiger partial charge in [0, 0.05) is 6.04 Å². The van der Waals surface area contributed by atoms with Crippen LogP contribution in [-0.4, -0.2) is 35.8 Å². The molecule has 23 heavy (non-hydrogen) atoms. The number of alkyl carbamates (subject to hydrolysis) is 1. The van der Waals surface area contributed by atoms with Gasteiger partial charge in [-0.25, -0.2) is 9.59 Å². The topological polar surface area (TPSA) is 87.7 Å². The van der Waals surface area contributed by atoms with Gasteiger partial charge >= 0.3 is 12.1 Å². The SMILES string of the molecule is CC(C)NCCCCC(NC(=O)OCc1ccccc1)C(=O)O. The molecule has 1 atom stereocenters. The number of aliphatic carboxylic acids is 1. The standard InChI is InChI=1S/C17H26N2O4/c1-13(2)18-11-7-6-10-15(16(20)21)19-17(22)23-12-14-8-4-3-5-9-14/h3-5,8-9,13,15,18H,6-7,10-12H2,1-2H3,(H,19,22)(H,20,21). The maximum atomic E-state index is 11.7. The molecule has 3 N–H and O–H groups in total. The van der Waals surface area contributed by atoms with Crippen LogP contribution in [0.5, 0.6) is 0 Å². The number of unbranched alkanes of at least 4 members (excludes halogenated alkanes) is 1. The molecule has 0 aliphatic heterocycles. The Morgan fingerprint density at radius 3 is 2.48 bits per heavy atom. The zero-order chi connectivity index (χ0) is 17.1. The van der Waals surface area contributed by atoms with Crippen molar-refractivity contribution in [2.75, 3.05) is 6.54 Å². The van der Waals surface area contributed by atoms with E-state index in [0.29, 0.717) is 12.5 Å². The fourth-order valence-corrected chi connectivity index (χ4v) is 2.03. The average molecular weight is 322 g/mol. The molecule has 0 radical (unpaired) electrons. The maximum Gasteiger partial charge on any atom is 0.408 e. The zero-order valence-corrected chi connectivity index (χ0v) is 13.7. The maximum absolute atomic E-state index is 11.7. The highest BCUT2D eigenvalue weighted by molar-refractivity contribution is 5.79. The Morgan fingerprint density at radius 1 is 1.17 bits per heavy atom. The molecule has 1 aromatic carbocycles. The molecule has 1 aromatic rings. The molecule has 0 bridgehead atoms. The molecule has 0 saturated heterocycles. The van der Waals surface area contributed by atoms with Crippen LogP contribution < -0.4 is 10.6 Å². The molecule has 1 amide bonds. The van der Waals surface area contributed by atoms with E-state index in [1.54, 1.807) is 0 Å². The van der Waals surface area contributed by atoms with Crippen molar-refractivity contribution < 1.29 is 19.4 Å². The van der Waals surface area contributed by atoms with Gasteiger partial charge in [0.15, 0.2) is 0 Å². The van der Waals surface area contributed by atoms with E-state index in [2.05, 4.69) is 24.5 Å². The van der Waals surface area contributed by atoms with E-state index < -0.39 is 18.1 Å². The number of benzene rings is 1. The third-order valence-electron chi connectivity index (χ3n) is 3.28. The first kappa shape index (κ1) is 19.0. The molecule has 6 nitrogen and oxygen atoms in total. The van der Waals surface area contributed by atoms with Crippen LogP contribution in [0.4, 0.5) is 4.79 Å². The Morgan fingerprint density at radius 2 is 1.87 bits per heavy atom. The predicted octanol–water partition coefficient (Wildman–Crippen LogP) is 2.53. The van der Waals surface area contributed by atoms with Gasteiger partial charge in [-0.3, -0.25) is 0 Å². The highest BCUT2D eigenvalue weighted by Gasteiger charge is 2.20. The van der Waals surface area contributed by atoms with Gasteiger partial charge in [-0.05, 0) is 31.4 Å². The van der Waals surface area contributed by atoms with Gasteiger partial charge in [0.25, 0.3) is 0 Å². The minimum Gasteiger partial charge on any atom is -0.480 e. The summed E-state index contributed by atoms with van der Waals surface area (Å²) >= 11 is 0. The number of nitrogens with one attached hydrogen (secondary N) is 2. The lowest BCUT2D eigenvalue weighted by Gasteiger charge is -2.15. The zero-order valence-electron chi connectivity index (χ0n) is 13.7. The number of carboxylic acid groups (broad SMARTS) is 1. The normalized spacial score (nSPS) is 12.0. The van der Waals surface area contributed by atoms with E-state index in [-0.39, 0.29) is 6.61 Å². The lowest BCUT2D eigenvalue weighted by molar-refractivity contribution is -0.139. The van der Waals surface area contributed by atoms with Crippen LogP contribution in [0, 0.1) is 0 Å². The lowest BCUT2D eigenvalue weighted by atomic mass is 10.1. The van der Waals surface area contributed by atoms with E-state index in [1.807, 2.05) is 30.3 Å². The summed E-state index contributed by atoms with van der Waals surface area (Å²) in [5.41, 5.74) is 0.856. The van der Waals surface area contributed by atoms with Crippen LogP contribution in [0.1, 0.15) is 38.7 Å². The smallest absolute Gasteiger partial charge is 0.408 e. The Hall–Kier alpha value is -2.08. The van der Waals surface area contributed by atoms with E-state index in [1.165, 1.54) is 0 Å². The van der Waals surface area contributed by atoms with E-state index in [0.717, 1.165) is 24.9 Å². The van der Waals surface area contributed by atoms with Gasteiger partial charge in [-0.1, -0.05) is 44.2 Å². The van der Waals surface area contributed by atoms with Crippen molar-refractivity contribution in [2.45, 2.75) is 51.8 Å². The van der Waals surface area contributed by atoms with Crippen molar-refractivity contribution in [1.29, 1.82) is 0 Å². The van der Waals surface area contributed by atoms with E-state index >= 15 is 0 Å². The summed E-state index contributed by atoms with van der Waals surface area (Å²) in [6.45, 7) is 5.08. The number of carbonyl (C=O) groups excluding carboxylic acids is 1. The summed E-state index contributed by atoms with van der Waals surface area (Å²) in [5.74, 6) is -1.04. The predicted molar refractivity (Wildman–Crippen MR) is 88.2 cm³/mol. The number of carboxylic acids is 1. The average Bonchev–Trinajstić information content (AvgIpc) is 2.52. The lowest BCUT2D eigenvalue weighted by Crippen LogP contribution is -2.41. The molecule has 0 aliphatic rings. The molecule has 0 spiro atoms. The van der Waals surface area contributed by atoms with E-state index in [9.17, 15) is 9.59 Å². The third-order valence-corrected chi connectivity index (χ3v) is 3.28. The molecule has 1 rings (SSSR count). The molecular formula is C17H26N2O4. The van der Waals surface area contributed by atoms with Crippen molar-refractivity contribution in [1.82, 2.24) is 10.6 Å². The van der Waals surface area contributed by atoms with Gasteiger partial charge in [0.05, 0.1) is 0 Å². The summed E-state index contributed by atoms with van der Waals surface area (Å²) in [6.07, 6.45) is 1.26. The van der Waals surface area contributed by atoms with Crippen molar-refractivity contribution in [3.8, 4) is 0 Å². The summed E-state index contributed by atoms with van der Waals surface area (Å²) in [4.78, 5) is 22.9. The number of ether oxygens (including phenoxy) is 1. The minimum atomic E-state index is -1.04. The number of hydrogen-bond donors (Lipinski definition) is 3. The molecule has 6 heteroatoms. The summed E-state index contributed by atoms with van der Waals surface area (Å²) < 4.78 is 5.04. The highest BCUT2D eigenvalue weighted by atomic mass is 16.5. The number of amides is 1. The summed E-state index contributed by atoms with van der Waals surface area (Å²) in [7, 11) is 0. The van der Waals surface area contributed by atoms with Crippen LogP contribution in [-0.2, 0) is 16.1 Å². The Bertz CT molecular complexity index is 477. The first-order chi connectivity index (χ1) is 11.0. The van der Waals surface area contributed by atoms with Crippen LogP contribution in [0.15, 0.2) is 30.3 Å². The second-order valence-corrected chi connectivity index (χ2v) is 5.70. The molecule has 1 unspecified atom stereocenters. The minimum absolute atomic E-state index is 0.122. The van der Waals surface area contributed by atoms with Crippen LogP contribution >= 0.6 is 0 Å². The molecule has 0 heterocycles. The molecule has 0 aliphatic carbocycles. The summed E-state index contributed by atoms with van der Waals surface area (Å²) in [6, 6.07) is 8.74. The third kappa shape index (κ3) is 8.83. The second-order valence-electron chi connectivity index (χ2n) is 5.70. The molecule has 0 fully saturated rings. The Balaban J connectivity index is 2.28. The molecule has 0 aromatic heterocycles. The number of hydrogen-bond acceptors (Lipinski definition) is 4. The molecular weight excluding hydrogens is 296 g/mol.